The standard InChI is InChI=1S/C28H31NO2.CH4/c1-28-10-8-19-12-21-14-23(30)6-4-17(21)5-7-24(19)25(28)15-26(31)27(28)20-3-2-18-9-11-29-16-22(18)13-20;/h2-3,8-9,11-13,16-17,23-25,27,30H,4-7,10,14-15H2,1H3;1H4. The van der Waals surface area contributed by atoms with E-state index in [0.717, 1.165) is 36.6 Å². The van der Waals surface area contributed by atoms with Crippen molar-refractivity contribution in [2.75, 3.05) is 0 Å². The second-order valence-corrected chi connectivity index (χ2v) is 10.6. The molecule has 2 aromatic rings. The Labute approximate surface area is 191 Å². The van der Waals surface area contributed by atoms with Crippen LogP contribution in [0.1, 0.15) is 70.8 Å². The van der Waals surface area contributed by atoms with E-state index in [2.05, 4.69) is 42.3 Å². The number of aromatic nitrogens is 1. The van der Waals surface area contributed by atoms with Gasteiger partial charge in [-0.25, -0.2) is 0 Å². The van der Waals surface area contributed by atoms with E-state index in [1.165, 1.54) is 29.4 Å². The van der Waals surface area contributed by atoms with E-state index in [9.17, 15) is 9.90 Å². The van der Waals surface area contributed by atoms with Crippen molar-refractivity contribution in [2.45, 2.75) is 71.3 Å². The summed E-state index contributed by atoms with van der Waals surface area (Å²) in [6.45, 7) is 2.36. The molecule has 4 aliphatic carbocycles. The van der Waals surface area contributed by atoms with Gasteiger partial charge >= 0.3 is 0 Å². The summed E-state index contributed by atoms with van der Waals surface area (Å²) >= 11 is 0. The Hall–Kier alpha value is -2.26. The molecule has 0 bridgehead atoms. The number of ketones is 1. The zero-order valence-corrected chi connectivity index (χ0v) is 18.3. The van der Waals surface area contributed by atoms with Crippen molar-refractivity contribution in [3.8, 4) is 0 Å². The molecule has 2 fully saturated rings. The number of carbonyl (C=O) groups excluding carboxylic acids is 1. The summed E-state index contributed by atoms with van der Waals surface area (Å²) < 4.78 is 0. The van der Waals surface area contributed by atoms with Crippen molar-refractivity contribution in [1.29, 1.82) is 0 Å². The number of hydrogen-bond acceptors (Lipinski definition) is 3. The predicted molar refractivity (Wildman–Crippen MR) is 129 cm³/mol. The first-order chi connectivity index (χ1) is 15.0. The van der Waals surface area contributed by atoms with Gasteiger partial charge in [0.25, 0.3) is 0 Å². The van der Waals surface area contributed by atoms with Crippen LogP contribution in [0.4, 0.5) is 0 Å². The van der Waals surface area contributed by atoms with Gasteiger partial charge in [0.15, 0.2) is 0 Å². The van der Waals surface area contributed by atoms with Crippen molar-refractivity contribution in [3.63, 3.8) is 0 Å². The monoisotopic (exact) mass is 429 g/mol. The summed E-state index contributed by atoms with van der Waals surface area (Å²) in [6, 6.07) is 8.54. The van der Waals surface area contributed by atoms with Gasteiger partial charge in [-0.05, 0) is 90.3 Å². The maximum atomic E-state index is 13.4. The number of rotatable bonds is 1. The topological polar surface area (TPSA) is 50.2 Å². The first-order valence-corrected chi connectivity index (χ1v) is 12.0. The lowest BCUT2D eigenvalue weighted by Gasteiger charge is -2.43. The average molecular weight is 430 g/mol. The highest BCUT2D eigenvalue weighted by Gasteiger charge is 2.56. The lowest BCUT2D eigenvalue weighted by atomic mass is 9.60. The SMILES string of the molecule is C.CC12CC=C3C=C4CC(O)CCC4CCC3C1CC(=O)C2c1ccc2ccncc2c1. The fraction of sp³-hybridized carbons (Fsp3) is 0.517. The molecule has 6 unspecified atom stereocenters. The van der Waals surface area contributed by atoms with E-state index >= 15 is 0 Å². The Morgan fingerprint density at radius 1 is 1.06 bits per heavy atom. The minimum absolute atomic E-state index is 0. The van der Waals surface area contributed by atoms with E-state index < -0.39 is 0 Å². The number of pyridine rings is 1. The third-order valence-electron chi connectivity index (χ3n) is 8.96. The van der Waals surface area contributed by atoms with E-state index in [1.807, 2.05) is 18.5 Å². The van der Waals surface area contributed by atoms with Gasteiger partial charge in [0.2, 0.25) is 0 Å². The Balaban J connectivity index is 0.00000216. The van der Waals surface area contributed by atoms with Crippen molar-refractivity contribution in [3.05, 3.63) is 65.5 Å². The maximum absolute atomic E-state index is 13.4. The molecule has 3 nitrogen and oxygen atoms in total. The molecule has 32 heavy (non-hydrogen) atoms. The van der Waals surface area contributed by atoms with Gasteiger partial charge < -0.3 is 5.11 Å². The van der Waals surface area contributed by atoms with Gasteiger partial charge in [-0.1, -0.05) is 44.2 Å². The van der Waals surface area contributed by atoms with Crippen molar-refractivity contribution >= 4 is 16.6 Å². The smallest absolute Gasteiger partial charge is 0.141 e. The Bertz CT molecular complexity index is 1120. The number of benzene rings is 1. The number of allylic oxidation sites excluding steroid dienone is 3. The van der Waals surface area contributed by atoms with Gasteiger partial charge in [-0.15, -0.1) is 0 Å². The largest absolute Gasteiger partial charge is 0.393 e. The van der Waals surface area contributed by atoms with Gasteiger partial charge in [0.05, 0.1) is 6.10 Å². The van der Waals surface area contributed by atoms with Crippen molar-refractivity contribution < 1.29 is 9.90 Å². The van der Waals surface area contributed by atoms with Gasteiger partial charge in [0, 0.05) is 30.1 Å². The fourth-order valence-electron chi connectivity index (χ4n) is 7.35. The summed E-state index contributed by atoms with van der Waals surface area (Å²) in [4.78, 5) is 17.7. The fourth-order valence-corrected chi connectivity index (χ4v) is 7.35. The van der Waals surface area contributed by atoms with Crippen LogP contribution in [0.5, 0.6) is 0 Å². The van der Waals surface area contributed by atoms with Crippen molar-refractivity contribution in [2.24, 2.45) is 23.2 Å². The molecule has 1 aromatic heterocycles. The van der Waals surface area contributed by atoms with Gasteiger partial charge in [-0.2, -0.15) is 0 Å². The summed E-state index contributed by atoms with van der Waals surface area (Å²) in [5, 5.41) is 12.5. The molecule has 0 radical (unpaired) electrons. The molecule has 6 atom stereocenters. The van der Waals surface area contributed by atoms with Crippen LogP contribution in [0.25, 0.3) is 10.8 Å². The Kier molecular flexibility index (Phi) is 5.36. The second kappa shape index (κ2) is 7.95. The van der Waals surface area contributed by atoms with Crippen LogP contribution in [0.15, 0.2) is 60.0 Å². The summed E-state index contributed by atoms with van der Waals surface area (Å²) in [6.07, 6.45) is 15.3. The van der Waals surface area contributed by atoms with E-state index in [1.54, 1.807) is 0 Å². The zero-order chi connectivity index (χ0) is 21.2. The molecule has 6 rings (SSSR count). The summed E-state index contributed by atoms with van der Waals surface area (Å²) in [5.41, 5.74) is 4.05. The number of aliphatic hydroxyl groups is 1. The average Bonchev–Trinajstić information content (AvgIpc) is 2.91. The number of hydrogen-bond donors (Lipinski definition) is 1. The van der Waals surface area contributed by atoms with Gasteiger partial charge in [-0.3, -0.25) is 9.78 Å². The molecule has 0 spiro atoms. The molecule has 1 N–H and O–H groups in total. The number of Topliss-reactive ketones (excluding diaryl/α,β-unsaturated/α-hetero) is 1. The van der Waals surface area contributed by atoms with Crippen LogP contribution in [0, 0.1) is 23.2 Å². The normalized spacial score (nSPS) is 36.2. The van der Waals surface area contributed by atoms with Crippen LogP contribution in [0.2, 0.25) is 0 Å². The molecule has 0 saturated heterocycles. The molecule has 2 saturated carbocycles. The summed E-state index contributed by atoms with van der Waals surface area (Å²) in [7, 11) is 0. The highest BCUT2D eigenvalue weighted by Crippen LogP contribution is 2.61. The highest BCUT2D eigenvalue weighted by atomic mass is 16.3. The number of carbonyl (C=O) groups is 1. The molecule has 1 heterocycles. The lowest BCUT2D eigenvalue weighted by Crippen LogP contribution is -2.36. The zero-order valence-electron chi connectivity index (χ0n) is 18.3. The second-order valence-electron chi connectivity index (χ2n) is 10.6. The number of fused-ring (bicyclic) bond motifs is 5. The molecular weight excluding hydrogens is 394 g/mol. The molecule has 0 amide bonds. The van der Waals surface area contributed by atoms with Crippen LogP contribution in [0.3, 0.4) is 0 Å². The third-order valence-corrected chi connectivity index (χ3v) is 8.96. The third kappa shape index (κ3) is 3.28. The Morgan fingerprint density at radius 3 is 2.78 bits per heavy atom. The highest BCUT2D eigenvalue weighted by molar-refractivity contribution is 5.92. The minimum Gasteiger partial charge on any atom is -0.393 e. The molecular formula is C29H35NO2. The minimum atomic E-state index is -0.173. The molecule has 3 heteroatoms. The first-order valence-electron chi connectivity index (χ1n) is 12.0. The molecule has 4 aliphatic rings. The summed E-state index contributed by atoms with van der Waals surface area (Å²) in [5.74, 6) is 1.90. The van der Waals surface area contributed by atoms with Crippen molar-refractivity contribution in [1.82, 2.24) is 4.98 Å². The molecule has 0 aliphatic heterocycles. The van der Waals surface area contributed by atoms with E-state index in [4.69, 9.17) is 0 Å². The number of aliphatic hydroxyl groups excluding tert-OH is 1. The van der Waals surface area contributed by atoms with Gasteiger partial charge in [0.1, 0.15) is 5.78 Å². The molecule has 1 aromatic carbocycles. The lowest BCUT2D eigenvalue weighted by molar-refractivity contribution is -0.119. The van der Waals surface area contributed by atoms with Crippen LogP contribution in [-0.4, -0.2) is 22.0 Å². The van der Waals surface area contributed by atoms with Crippen LogP contribution < -0.4 is 0 Å². The first kappa shape index (κ1) is 21.6. The van der Waals surface area contributed by atoms with E-state index in [-0.39, 0.29) is 24.9 Å². The quantitative estimate of drug-likeness (QED) is 0.572. The molecule has 168 valence electrons. The maximum Gasteiger partial charge on any atom is 0.141 e. The number of nitrogens with zero attached hydrogens (tertiary/aromatic N) is 1. The predicted octanol–water partition coefficient (Wildman–Crippen LogP) is 6.38. The van der Waals surface area contributed by atoms with Crippen LogP contribution >= 0.6 is 0 Å². The van der Waals surface area contributed by atoms with Crippen LogP contribution in [-0.2, 0) is 4.79 Å². The Morgan fingerprint density at radius 2 is 1.91 bits per heavy atom. The van der Waals surface area contributed by atoms with E-state index in [0.29, 0.717) is 30.0 Å².